The molecule has 2 atom stereocenters. The quantitative estimate of drug-likeness (QED) is 0.739. The molecule has 0 aliphatic heterocycles. The van der Waals surface area contributed by atoms with E-state index in [4.69, 9.17) is 5.73 Å². The van der Waals surface area contributed by atoms with Crippen LogP contribution in [0.25, 0.3) is 0 Å². The number of carbonyl (C=O) groups excluding carboxylic acids is 2. The molecular weight excluding hydrogens is 358 g/mol. The molecule has 7 heteroatoms. The van der Waals surface area contributed by atoms with Crippen LogP contribution >= 0.6 is 23.7 Å². The van der Waals surface area contributed by atoms with Crippen LogP contribution in [0.1, 0.15) is 28.9 Å². The van der Waals surface area contributed by atoms with E-state index in [1.54, 1.807) is 18.2 Å². The number of thiophene rings is 1. The summed E-state index contributed by atoms with van der Waals surface area (Å²) in [6.07, 6.45) is 2.96. The fourth-order valence-corrected chi connectivity index (χ4v) is 3.79. The van der Waals surface area contributed by atoms with E-state index in [2.05, 4.69) is 10.6 Å². The van der Waals surface area contributed by atoms with Gasteiger partial charge in [-0.15, -0.1) is 23.7 Å². The molecule has 0 radical (unpaired) electrons. The Morgan fingerprint density at radius 1 is 1.12 bits per heavy atom. The van der Waals surface area contributed by atoms with Crippen LogP contribution in [0.2, 0.25) is 0 Å². The van der Waals surface area contributed by atoms with Crippen LogP contribution in [0.3, 0.4) is 0 Å². The molecule has 1 aromatic carbocycles. The van der Waals surface area contributed by atoms with Crippen LogP contribution < -0.4 is 16.4 Å². The van der Waals surface area contributed by atoms with Crippen molar-refractivity contribution < 1.29 is 9.59 Å². The van der Waals surface area contributed by atoms with Gasteiger partial charge in [0.05, 0.1) is 4.88 Å². The number of halogens is 1. The number of benzene rings is 1. The molecule has 3 rings (SSSR count). The first-order valence-corrected chi connectivity index (χ1v) is 9.01. The second-order valence-electron chi connectivity index (χ2n) is 6.03. The van der Waals surface area contributed by atoms with E-state index in [0.717, 1.165) is 19.3 Å². The van der Waals surface area contributed by atoms with E-state index in [1.165, 1.54) is 11.3 Å². The Balaban J connectivity index is 0.00000225. The lowest BCUT2D eigenvalue weighted by atomic mass is 9.95. The maximum absolute atomic E-state index is 12.5. The summed E-state index contributed by atoms with van der Waals surface area (Å²) in [5.41, 5.74) is 7.10. The van der Waals surface area contributed by atoms with Crippen molar-refractivity contribution in [3.05, 3.63) is 46.7 Å². The highest BCUT2D eigenvalue weighted by Gasteiger charge is 2.31. The van der Waals surface area contributed by atoms with E-state index >= 15 is 0 Å². The van der Waals surface area contributed by atoms with Gasteiger partial charge in [0.15, 0.2) is 0 Å². The van der Waals surface area contributed by atoms with Crippen molar-refractivity contribution in [2.45, 2.75) is 19.3 Å². The van der Waals surface area contributed by atoms with Gasteiger partial charge in [-0.3, -0.25) is 9.59 Å². The number of anilines is 2. The lowest BCUT2D eigenvalue weighted by Crippen LogP contribution is -2.29. The molecule has 134 valence electrons. The van der Waals surface area contributed by atoms with Crippen molar-refractivity contribution in [1.82, 2.24) is 0 Å². The Labute approximate surface area is 157 Å². The third-order valence-electron chi connectivity index (χ3n) is 4.43. The number of hydrogen-bond donors (Lipinski definition) is 3. The van der Waals surface area contributed by atoms with Gasteiger partial charge >= 0.3 is 0 Å². The number of hydrogen-bond acceptors (Lipinski definition) is 4. The Kier molecular flexibility index (Phi) is 6.99. The Morgan fingerprint density at radius 3 is 2.56 bits per heavy atom. The van der Waals surface area contributed by atoms with Gasteiger partial charge in [0, 0.05) is 17.3 Å². The summed E-state index contributed by atoms with van der Waals surface area (Å²) < 4.78 is 0. The molecule has 25 heavy (non-hydrogen) atoms. The summed E-state index contributed by atoms with van der Waals surface area (Å²) >= 11 is 1.39. The van der Waals surface area contributed by atoms with Crippen molar-refractivity contribution in [3.63, 3.8) is 0 Å². The highest BCUT2D eigenvalue weighted by atomic mass is 35.5. The molecule has 2 amide bonds. The van der Waals surface area contributed by atoms with Crippen LogP contribution in [-0.4, -0.2) is 18.4 Å². The van der Waals surface area contributed by atoms with Gasteiger partial charge in [-0.05, 0) is 54.9 Å². The molecule has 0 saturated heterocycles. The van der Waals surface area contributed by atoms with E-state index in [9.17, 15) is 9.59 Å². The Hall–Kier alpha value is -1.89. The van der Waals surface area contributed by atoms with Gasteiger partial charge in [0.1, 0.15) is 0 Å². The first kappa shape index (κ1) is 19.4. The molecule has 0 unspecified atom stereocenters. The largest absolute Gasteiger partial charge is 0.330 e. The van der Waals surface area contributed by atoms with Crippen LogP contribution in [0, 0.1) is 11.8 Å². The van der Waals surface area contributed by atoms with Gasteiger partial charge in [-0.25, -0.2) is 0 Å². The summed E-state index contributed by atoms with van der Waals surface area (Å²) in [7, 11) is 0. The minimum absolute atomic E-state index is 0. The van der Waals surface area contributed by atoms with Crippen LogP contribution in [-0.2, 0) is 4.79 Å². The summed E-state index contributed by atoms with van der Waals surface area (Å²) in [6.45, 7) is 0.551. The van der Waals surface area contributed by atoms with Crippen molar-refractivity contribution in [2.24, 2.45) is 17.6 Å². The summed E-state index contributed by atoms with van der Waals surface area (Å²) in [5, 5.41) is 7.66. The van der Waals surface area contributed by atoms with E-state index in [0.29, 0.717) is 22.8 Å². The molecule has 1 aromatic heterocycles. The molecule has 1 fully saturated rings. The van der Waals surface area contributed by atoms with Gasteiger partial charge < -0.3 is 16.4 Å². The fraction of sp³-hybridized carbons (Fsp3) is 0.333. The first-order chi connectivity index (χ1) is 11.7. The predicted molar refractivity (Wildman–Crippen MR) is 104 cm³/mol. The molecule has 5 nitrogen and oxygen atoms in total. The zero-order chi connectivity index (χ0) is 16.9. The van der Waals surface area contributed by atoms with Crippen LogP contribution in [0.15, 0.2) is 41.8 Å². The Bertz CT molecular complexity index is 721. The third kappa shape index (κ3) is 4.81. The standard InChI is InChI=1S/C18H21N3O2S.ClH/c19-11-12-4-1-7-15(12)17(22)20-13-5-2-6-14(10-13)21-18(23)16-8-3-9-24-16;/h2-3,5-6,8-10,12,15H,1,4,7,11,19H2,(H,20,22)(H,21,23);1H/t12-,15-;/m1./s1. The Morgan fingerprint density at radius 2 is 1.88 bits per heavy atom. The highest BCUT2D eigenvalue weighted by molar-refractivity contribution is 7.12. The van der Waals surface area contributed by atoms with Gasteiger partial charge in [0.2, 0.25) is 5.91 Å². The molecular formula is C18H22ClN3O2S. The second kappa shape index (κ2) is 8.99. The zero-order valence-electron chi connectivity index (χ0n) is 13.7. The average Bonchev–Trinajstić information content (AvgIpc) is 3.26. The fourth-order valence-electron chi connectivity index (χ4n) is 3.17. The molecule has 1 aliphatic rings. The van der Waals surface area contributed by atoms with E-state index in [-0.39, 0.29) is 36.1 Å². The van der Waals surface area contributed by atoms with Gasteiger partial charge in [-0.2, -0.15) is 0 Å². The first-order valence-electron chi connectivity index (χ1n) is 8.13. The minimum atomic E-state index is -0.146. The number of nitrogens with one attached hydrogen (secondary N) is 2. The van der Waals surface area contributed by atoms with E-state index in [1.807, 2.05) is 23.6 Å². The molecule has 0 bridgehead atoms. The third-order valence-corrected chi connectivity index (χ3v) is 5.30. The summed E-state index contributed by atoms with van der Waals surface area (Å²) in [6, 6.07) is 10.8. The van der Waals surface area contributed by atoms with Crippen molar-refractivity contribution in [2.75, 3.05) is 17.2 Å². The monoisotopic (exact) mass is 379 g/mol. The molecule has 2 aromatic rings. The predicted octanol–water partition coefficient (Wildman–Crippen LogP) is 3.74. The average molecular weight is 380 g/mol. The number of nitrogens with two attached hydrogens (primary N) is 1. The van der Waals surface area contributed by atoms with Crippen molar-refractivity contribution in [3.8, 4) is 0 Å². The smallest absolute Gasteiger partial charge is 0.265 e. The van der Waals surface area contributed by atoms with E-state index < -0.39 is 0 Å². The highest BCUT2D eigenvalue weighted by Crippen LogP contribution is 2.32. The van der Waals surface area contributed by atoms with Crippen molar-refractivity contribution >= 4 is 46.9 Å². The maximum atomic E-state index is 12.5. The zero-order valence-corrected chi connectivity index (χ0v) is 15.4. The van der Waals surface area contributed by atoms with Gasteiger partial charge in [0.25, 0.3) is 5.91 Å². The number of carbonyl (C=O) groups is 2. The number of rotatable bonds is 5. The molecule has 1 saturated carbocycles. The summed E-state index contributed by atoms with van der Waals surface area (Å²) in [5.74, 6) is 0.128. The normalized spacial score (nSPS) is 19.1. The van der Waals surface area contributed by atoms with Gasteiger partial charge in [-0.1, -0.05) is 18.6 Å². The topological polar surface area (TPSA) is 84.2 Å². The minimum Gasteiger partial charge on any atom is -0.330 e. The van der Waals surface area contributed by atoms with Crippen molar-refractivity contribution in [1.29, 1.82) is 0 Å². The summed E-state index contributed by atoms with van der Waals surface area (Å²) in [4.78, 5) is 25.2. The lowest BCUT2D eigenvalue weighted by Gasteiger charge is -2.17. The molecule has 1 heterocycles. The molecule has 4 N–H and O–H groups in total. The van der Waals surface area contributed by atoms with Crippen LogP contribution in [0.4, 0.5) is 11.4 Å². The number of amides is 2. The van der Waals surface area contributed by atoms with Crippen LogP contribution in [0.5, 0.6) is 0 Å². The lowest BCUT2D eigenvalue weighted by molar-refractivity contribution is -0.120. The molecule has 0 spiro atoms. The second-order valence-corrected chi connectivity index (χ2v) is 6.98. The maximum Gasteiger partial charge on any atom is 0.265 e. The molecule has 1 aliphatic carbocycles. The SMILES string of the molecule is Cl.NC[C@H]1CCC[C@H]1C(=O)Nc1cccc(NC(=O)c2cccs2)c1.